The predicted octanol–water partition coefficient (Wildman–Crippen LogP) is 0.340. The van der Waals surface area contributed by atoms with Crippen LogP contribution in [0.25, 0.3) is 0 Å². The molecule has 0 aliphatic carbocycles. The van der Waals surface area contributed by atoms with Crippen LogP contribution in [0.1, 0.15) is 0 Å². The van der Waals surface area contributed by atoms with Crippen LogP contribution in [0, 0.1) is 710 Å². The first kappa shape index (κ1) is 93.5. The minimum Gasteiger partial charge on any atom is -0.183 e. The van der Waals surface area contributed by atoms with Gasteiger partial charge in [0.15, 0.2) is 6.07 Å². The van der Waals surface area contributed by atoms with Crippen molar-refractivity contribution in [3.8, 4) is 705 Å². The van der Waals surface area contributed by atoms with E-state index in [4.69, 9.17) is 11.7 Å². The van der Waals surface area contributed by atoms with E-state index in [-0.39, 0.29) is 0 Å². The molecule has 0 aliphatic heterocycles. The van der Waals surface area contributed by atoms with Crippen LogP contribution in [-0.2, 0) is 0 Å². The summed E-state index contributed by atoms with van der Waals surface area (Å²) >= 11 is 0. The lowest BCUT2D eigenvalue weighted by molar-refractivity contribution is 1.55. The summed E-state index contributed by atoms with van der Waals surface area (Å²) in [6.07, 6.45) is 4.95. The third-order valence-corrected chi connectivity index (χ3v) is 7.32. The molecule has 0 unspecified atom stereocenters. The average molecular weight is 1440 g/mol. The van der Waals surface area contributed by atoms with Crippen LogP contribution >= 0.6 is 0 Å². The Balaban J connectivity index is 4.65. The van der Waals surface area contributed by atoms with Gasteiger partial charge < -0.3 is 0 Å². The molecule has 0 aromatic carbocycles. The van der Waals surface area contributed by atoms with E-state index in [0.29, 0.717) is 0 Å². The van der Waals surface area contributed by atoms with E-state index in [1.165, 1.54) is 0 Å². The van der Waals surface area contributed by atoms with E-state index in [0.717, 1.165) is 0 Å². The molecule has 0 aliphatic rings. The molecule has 0 heterocycles. The summed E-state index contributed by atoms with van der Waals surface area (Å²) in [5, 5.41) is 8.23. The van der Waals surface area contributed by atoms with Crippen molar-refractivity contribution in [3.63, 3.8) is 0 Å². The molecule has 1 heteroatoms. The van der Waals surface area contributed by atoms with Crippen LogP contribution in [-0.4, -0.2) is 0 Å². The van der Waals surface area contributed by atoms with E-state index in [9.17, 15) is 0 Å². The first-order valence-electron chi connectivity index (χ1n) is 29.8. The van der Waals surface area contributed by atoms with Gasteiger partial charge in [-0.05, 0) is 47.4 Å². The third kappa shape index (κ3) is 91.5. The zero-order chi connectivity index (χ0) is 85.4. The van der Waals surface area contributed by atoms with Crippen molar-refractivity contribution in [2.45, 2.75) is 0 Å². The average Bonchev–Trinajstić information content (AvgIpc) is 1.40. The fourth-order valence-electron chi connectivity index (χ4n) is 3.63. The van der Waals surface area contributed by atoms with Crippen LogP contribution in [0.2, 0.25) is 0 Å². The highest BCUT2D eigenvalue weighted by molar-refractivity contribution is 5.58. The standard InChI is InChI=1S/C119HN/c1-2-3-4-5-6-7-8-9-10-11-12-13-14-15-16-17-18-19-20-21-22-23-24-25-26-27-28-29-30-31-32-33-34-35-36-37-38-39-40-41-42-43-44-45-46-47-48-49-50-51-52-53-54-55-56-57-58-59-60-61-62-63-64-65-66-67-68-69-70-71-72-73-74-75-76-77-78-79-80-81-82-83-84-85-86-87-88-89-90-91-92-93-94-95-96-97-98-99-100-101-102-103-104-105-106-107-108-109-110-111-112-113-114-115-116-117-118-119-120/h1H. The minimum atomic E-state index is 1.62. The molecule has 0 saturated heterocycles. The maximum absolute atomic E-state index is 8.23. The third-order valence-electron chi connectivity index (χ3n) is 7.32. The Morgan fingerprint density at radius 3 is 0.150 bits per heavy atom. The molecule has 0 N–H and O–H groups in total. The summed E-state index contributed by atoms with van der Waals surface area (Å²) in [6, 6.07) is 1.62. The zero-order valence-corrected chi connectivity index (χ0v) is 60.0. The van der Waals surface area contributed by atoms with Crippen molar-refractivity contribution in [2.75, 3.05) is 0 Å². The van der Waals surface area contributed by atoms with Crippen LogP contribution < -0.4 is 0 Å². The second-order valence-corrected chi connectivity index (χ2v) is 14.8. The lowest BCUT2D eigenvalue weighted by atomic mass is 10.4. The summed E-state index contributed by atoms with van der Waals surface area (Å²) in [7, 11) is 0. The number of rotatable bonds is 0. The zero-order valence-electron chi connectivity index (χ0n) is 60.0. The first-order chi connectivity index (χ1) is 59.9. The molecule has 0 rings (SSSR count). The minimum absolute atomic E-state index is 1.62. The molecule has 0 bridgehead atoms. The van der Waals surface area contributed by atoms with Gasteiger partial charge in [0.1, 0.15) is 0 Å². The van der Waals surface area contributed by atoms with Crippen LogP contribution in [0.3, 0.4) is 0 Å². The van der Waals surface area contributed by atoms with Crippen molar-refractivity contribution in [1.82, 2.24) is 0 Å². The first-order valence-corrected chi connectivity index (χ1v) is 29.8. The fraction of sp³-hybridized carbons (Fsp3) is 0. The monoisotopic (exact) mass is 1440 g/mol. The molecule has 0 aromatic rings. The molecular formula is C119HN. The number of hydrogen-bond acceptors (Lipinski definition) is 1. The Hall–Kier alpha value is -26.5. The van der Waals surface area contributed by atoms with E-state index in [1.54, 1.807) is 6.07 Å². The van der Waals surface area contributed by atoms with Crippen molar-refractivity contribution in [3.05, 3.63) is 0 Å². The van der Waals surface area contributed by atoms with Gasteiger partial charge in [-0.1, -0.05) is 0 Å². The lowest BCUT2D eigenvalue weighted by Crippen LogP contribution is -1.57. The van der Waals surface area contributed by atoms with Crippen LogP contribution in [0.5, 0.6) is 0 Å². The highest BCUT2D eigenvalue weighted by atomic mass is 14.2. The van der Waals surface area contributed by atoms with Gasteiger partial charge in [-0.3, -0.25) is 0 Å². The Morgan fingerprint density at radius 2 is 0.108 bits per heavy atom. The van der Waals surface area contributed by atoms with E-state index in [1.807, 2.05) is 0 Å². The Labute approximate surface area is 705 Å². The molecule has 0 aromatic heterocycles. The molecule has 0 fully saturated rings. The molecule has 0 saturated carbocycles. The maximum atomic E-state index is 8.23. The number of hydrogen-bond donors (Lipinski definition) is 0. The van der Waals surface area contributed by atoms with Gasteiger partial charge in [0.2, 0.25) is 0 Å². The van der Waals surface area contributed by atoms with Crippen molar-refractivity contribution in [2.24, 2.45) is 0 Å². The van der Waals surface area contributed by atoms with Gasteiger partial charge >= 0.3 is 0 Å². The highest BCUT2D eigenvalue weighted by Crippen LogP contribution is 1.69. The van der Waals surface area contributed by atoms with Gasteiger partial charge in [0.05, 0.1) is 0 Å². The second-order valence-electron chi connectivity index (χ2n) is 14.8. The molecule has 0 radical (unpaired) electrons. The van der Waals surface area contributed by atoms with Crippen molar-refractivity contribution < 1.29 is 0 Å². The number of nitriles is 1. The quantitative estimate of drug-likeness (QED) is 0.322. The van der Waals surface area contributed by atoms with Gasteiger partial charge in [-0.25, -0.2) is 0 Å². The molecule has 1 nitrogen and oxygen atoms in total. The Kier molecular flexibility index (Phi) is 72.1. The number of nitrogens with zero attached hydrogens (tertiary/aromatic N) is 1. The molecule has 0 amide bonds. The van der Waals surface area contributed by atoms with Gasteiger partial charge in [0, 0.05) is 645 Å². The van der Waals surface area contributed by atoms with Gasteiger partial charge in [-0.15, -0.1) is 6.42 Å². The summed E-state index contributed by atoms with van der Waals surface area (Å²) < 4.78 is 0. The molecule has 120 heavy (non-hydrogen) atoms. The summed E-state index contributed by atoms with van der Waals surface area (Å²) in [4.78, 5) is 0. The molecule has 0 spiro atoms. The predicted molar refractivity (Wildman–Crippen MR) is 465 cm³/mol. The largest absolute Gasteiger partial charge is 0.183 e. The maximum Gasteiger partial charge on any atom is 0.153 e. The molecular weight excluding hydrogens is 1440 g/mol. The van der Waals surface area contributed by atoms with Gasteiger partial charge in [-0.2, -0.15) is 5.26 Å². The van der Waals surface area contributed by atoms with Crippen LogP contribution in [0.15, 0.2) is 0 Å². The summed E-state index contributed by atoms with van der Waals surface area (Å²) in [5.41, 5.74) is 0. The normalized spacial score (nSPS) is 3.95. The van der Waals surface area contributed by atoms with Crippen molar-refractivity contribution >= 4 is 0 Å². The summed E-state index contributed by atoms with van der Waals surface area (Å²) in [5.74, 6) is 290. The van der Waals surface area contributed by atoms with Crippen LogP contribution in [0.4, 0.5) is 0 Å². The topological polar surface area (TPSA) is 23.8 Å². The number of terminal acetylenes is 1. The lowest BCUT2D eigenvalue weighted by Gasteiger charge is -1.58. The Morgan fingerprint density at radius 1 is 0.0667 bits per heavy atom. The smallest absolute Gasteiger partial charge is 0.153 e. The van der Waals surface area contributed by atoms with E-state index in [2.05, 4.69) is 693 Å². The summed E-state index contributed by atoms with van der Waals surface area (Å²) in [6.45, 7) is 0. The molecule has 482 valence electrons. The van der Waals surface area contributed by atoms with Crippen molar-refractivity contribution in [1.29, 1.82) is 5.26 Å². The molecule has 0 atom stereocenters. The SMILES string of the molecule is C#CC#CC#CC#CC#CC#CC#CC#CC#CC#CC#CC#CC#CC#CC#CC#CC#CC#CC#CC#CC#CC#CC#CC#CC#CC#CC#CC#CC#CC#CC#CC#CC#CC#CC#CC#CC#CC#CC#CC#CC#CC#CC#CC#CC#CC#CC#CC#CC#CC#CC#CC#CC#CC#CC#CC#CC#CC#CC#CC#N. The fourth-order valence-corrected chi connectivity index (χ4v) is 3.63. The highest BCUT2D eigenvalue weighted by Gasteiger charge is 1.69. The Bertz CT molecular complexity index is 8040. The van der Waals surface area contributed by atoms with E-state index < -0.39 is 0 Å². The van der Waals surface area contributed by atoms with E-state index >= 15 is 0 Å². The second kappa shape index (κ2) is 92.5. The van der Waals surface area contributed by atoms with Gasteiger partial charge in [0.25, 0.3) is 0 Å².